The third-order valence-corrected chi connectivity index (χ3v) is 6.63. The fourth-order valence-corrected chi connectivity index (χ4v) is 5.37. The van der Waals surface area contributed by atoms with Gasteiger partial charge < -0.3 is 9.64 Å². The second-order valence-electron chi connectivity index (χ2n) is 4.58. The maximum Gasteiger partial charge on any atom is 0.329 e. The minimum absolute atomic E-state index is 0.0556. The van der Waals surface area contributed by atoms with E-state index in [1.807, 2.05) is 6.92 Å². The fourth-order valence-electron chi connectivity index (χ4n) is 1.74. The Bertz CT molecular complexity index is 328. The van der Waals surface area contributed by atoms with Gasteiger partial charge in [-0.05, 0) is 13.3 Å². The zero-order valence-electron chi connectivity index (χ0n) is 12.3. The molecule has 20 heavy (non-hydrogen) atoms. The van der Waals surface area contributed by atoms with Crippen LogP contribution in [0.1, 0.15) is 27.2 Å². The summed E-state index contributed by atoms with van der Waals surface area (Å²) in [5, 5.41) is 0. The number of rotatable bonds is 8. The Morgan fingerprint density at radius 1 is 1.40 bits per heavy atom. The zero-order chi connectivity index (χ0) is 15.0. The van der Waals surface area contributed by atoms with Crippen LogP contribution in [0.5, 0.6) is 0 Å². The molecule has 1 fully saturated rings. The largest absolute Gasteiger partial charge is 0.464 e. The second kappa shape index (κ2) is 9.84. The van der Waals surface area contributed by atoms with E-state index >= 15 is 0 Å². The molecule has 0 aromatic carbocycles. The van der Waals surface area contributed by atoms with Crippen LogP contribution in [-0.2, 0) is 14.3 Å². The van der Waals surface area contributed by atoms with Crippen molar-refractivity contribution in [3.63, 3.8) is 0 Å². The molecule has 1 aliphatic heterocycles. The van der Waals surface area contributed by atoms with Crippen LogP contribution in [0.15, 0.2) is 0 Å². The minimum Gasteiger partial charge on any atom is -0.464 e. The summed E-state index contributed by atoms with van der Waals surface area (Å²) in [4.78, 5) is 25.9. The van der Waals surface area contributed by atoms with Gasteiger partial charge in [-0.2, -0.15) is 0 Å². The van der Waals surface area contributed by atoms with Gasteiger partial charge in [0.25, 0.3) is 0 Å². The number of nitrogens with zero attached hydrogens (tertiary/aromatic N) is 1. The fraction of sp³-hybridized carbons (Fsp3) is 0.846. The highest BCUT2D eigenvalue weighted by Crippen LogP contribution is 2.28. The van der Waals surface area contributed by atoms with Crippen molar-refractivity contribution in [2.75, 3.05) is 29.7 Å². The van der Waals surface area contributed by atoms with E-state index in [-0.39, 0.29) is 17.8 Å². The molecule has 2 atom stereocenters. The minimum atomic E-state index is -0.400. The standard InChI is InChI=1S/C13H23NO3S3/c1-4-6-19-20-7-10(3)12(15)14-9-18-8-11(14)13(16)17-5-2/h10-11H,4-9H2,1-3H3/t10-,11+/m1/s1. The monoisotopic (exact) mass is 337 g/mol. The lowest BCUT2D eigenvalue weighted by Gasteiger charge is -2.25. The van der Waals surface area contributed by atoms with Gasteiger partial charge in [-0.15, -0.1) is 11.8 Å². The van der Waals surface area contributed by atoms with Crippen LogP contribution in [0.2, 0.25) is 0 Å². The molecule has 0 aromatic rings. The van der Waals surface area contributed by atoms with Gasteiger partial charge in [0, 0.05) is 23.2 Å². The summed E-state index contributed by atoms with van der Waals surface area (Å²) in [6.07, 6.45) is 1.15. The van der Waals surface area contributed by atoms with Crippen LogP contribution in [0.4, 0.5) is 0 Å². The lowest BCUT2D eigenvalue weighted by molar-refractivity contribution is -0.153. The number of esters is 1. The molecule has 116 valence electrons. The Morgan fingerprint density at radius 3 is 2.80 bits per heavy atom. The van der Waals surface area contributed by atoms with E-state index in [4.69, 9.17) is 4.74 Å². The summed E-state index contributed by atoms with van der Waals surface area (Å²) in [6, 6.07) is -0.400. The quantitative estimate of drug-likeness (QED) is 0.385. The van der Waals surface area contributed by atoms with Crippen LogP contribution in [0, 0.1) is 5.92 Å². The molecule has 0 bridgehead atoms. The predicted octanol–water partition coefficient (Wildman–Crippen LogP) is 2.88. The number of hydrogen-bond donors (Lipinski definition) is 0. The van der Waals surface area contributed by atoms with Crippen molar-refractivity contribution in [2.24, 2.45) is 5.92 Å². The summed E-state index contributed by atoms with van der Waals surface area (Å²) in [7, 11) is 3.54. The van der Waals surface area contributed by atoms with Crippen molar-refractivity contribution in [1.82, 2.24) is 4.90 Å². The average Bonchev–Trinajstić information content (AvgIpc) is 2.92. The highest BCUT2D eigenvalue weighted by Gasteiger charge is 2.37. The molecular weight excluding hydrogens is 314 g/mol. The highest BCUT2D eigenvalue weighted by atomic mass is 33.1. The van der Waals surface area contributed by atoms with E-state index in [0.717, 1.165) is 17.9 Å². The third kappa shape index (κ3) is 5.41. The first-order chi connectivity index (χ1) is 9.61. The summed E-state index contributed by atoms with van der Waals surface area (Å²) in [5.74, 6) is 2.88. The Labute approximate surface area is 133 Å². The number of carbonyl (C=O) groups is 2. The molecule has 1 saturated heterocycles. The number of hydrogen-bond acceptors (Lipinski definition) is 6. The van der Waals surface area contributed by atoms with E-state index in [9.17, 15) is 9.59 Å². The lowest BCUT2D eigenvalue weighted by atomic mass is 10.1. The topological polar surface area (TPSA) is 46.6 Å². The first kappa shape index (κ1) is 18.0. The summed E-state index contributed by atoms with van der Waals surface area (Å²) < 4.78 is 5.04. The Kier molecular flexibility index (Phi) is 8.88. The molecule has 0 N–H and O–H groups in total. The molecule has 0 aromatic heterocycles. The van der Waals surface area contributed by atoms with E-state index in [1.165, 1.54) is 0 Å². The summed E-state index contributed by atoms with van der Waals surface area (Å²) in [5.41, 5.74) is 0. The molecule has 1 amide bonds. The number of carbonyl (C=O) groups excluding carboxylic acids is 2. The molecule has 0 aliphatic carbocycles. The Hall–Kier alpha value is -0.0100. The van der Waals surface area contributed by atoms with Crippen molar-refractivity contribution in [1.29, 1.82) is 0 Å². The number of ether oxygens (including phenoxy) is 1. The van der Waals surface area contributed by atoms with Crippen LogP contribution < -0.4 is 0 Å². The molecule has 1 aliphatic rings. The molecule has 0 radical (unpaired) electrons. The molecule has 0 unspecified atom stereocenters. The van der Waals surface area contributed by atoms with Gasteiger partial charge in [-0.3, -0.25) is 4.79 Å². The third-order valence-electron chi connectivity index (χ3n) is 2.83. The predicted molar refractivity (Wildman–Crippen MR) is 89.0 cm³/mol. The van der Waals surface area contributed by atoms with Gasteiger partial charge in [0.2, 0.25) is 5.91 Å². The SMILES string of the molecule is CCCSSC[C@@H](C)C(=O)N1CSC[C@H]1C(=O)OCC. The van der Waals surface area contributed by atoms with E-state index in [0.29, 0.717) is 18.2 Å². The maximum atomic E-state index is 12.4. The first-order valence-electron chi connectivity index (χ1n) is 6.91. The van der Waals surface area contributed by atoms with Crippen molar-refractivity contribution in [2.45, 2.75) is 33.2 Å². The maximum absolute atomic E-state index is 12.4. The van der Waals surface area contributed by atoms with Gasteiger partial charge in [-0.25, -0.2) is 4.79 Å². The Balaban J connectivity index is 2.45. The van der Waals surface area contributed by atoms with Crippen molar-refractivity contribution < 1.29 is 14.3 Å². The van der Waals surface area contributed by atoms with Crippen molar-refractivity contribution in [3.05, 3.63) is 0 Å². The molecule has 1 heterocycles. The van der Waals surface area contributed by atoms with Gasteiger partial charge in [-0.1, -0.05) is 35.4 Å². The Morgan fingerprint density at radius 2 is 2.15 bits per heavy atom. The van der Waals surface area contributed by atoms with Gasteiger partial charge in [0.1, 0.15) is 6.04 Å². The molecule has 7 heteroatoms. The van der Waals surface area contributed by atoms with Crippen molar-refractivity contribution >= 4 is 45.2 Å². The van der Waals surface area contributed by atoms with Crippen LogP contribution >= 0.6 is 33.3 Å². The summed E-state index contributed by atoms with van der Waals surface area (Å²) in [6.45, 7) is 6.23. The smallest absolute Gasteiger partial charge is 0.329 e. The van der Waals surface area contributed by atoms with E-state index < -0.39 is 6.04 Å². The molecule has 0 spiro atoms. The average molecular weight is 338 g/mol. The first-order valence-corrected chi connectivity index (χ1v) is 10.5. The number of amides is 1. The van der Waals surface area contributed by atoms with Gasteiger partial charge in [0.05, 0.1) is 12.5 Å². The van der Waals surface area contributed by atoms with Crippen LogP contribution in [0.25, 0.3) is 0 Å². The molecule has 4 nitrogen and oxygen atoms in total. The zero-order valence-corrected chi connectivity index (χ0v) is 14.7. The normalized spacial score (nSPS) is 19.9. The molecular formula is C13H23NO3S3. The molecule has 0 saturated carbocycles. The number of thioether (sulfide) groups is 1. The lowest BCUT2D eigenvalue weighted by Crippen LogP contribution is -2.45. The van der Waals surface area contributed by atoms with E-state index in [2.05, 4.69) is 6.92 Å². The van der Waals surface area contributed by atoms with Gasteiger partial charge >= 0.3 is 5.97 Å². The van der Waals surface area contributed by atoms with Gasteiger partial charge in [0.15, 0.2) is 0 Å². The van der Waals surface area contributed by atoms with Crippen LogP contribution in [0.3, 0.4) is 0 Å². The highest BCUT2D eigenvalue weighted by molar-refractivity contribution is 8.76. The summed E-state index contributed by atoms with van der Waals surface area (Å²) >= 11 is 1.61. The van der Waals surface area contributed by atoms with Crippen molar-refractivity contribution in [3.8, 4) is 0 Å². The van der Waals surface area contributed by atoms with E-state index in [1.54, 1.807) is 45.2 Å². The van der Waals surface area contributed by atoms with Crippen LogP contribution in [-0.4, -0.2) is 52.6 Å². The molecule has 1 rings (SSSR count). The second-order valence-corrected chi connectivity index (χ2v) is 8.21.